The van der Waals surface area contributed by atoms with Crippen molar-refractivity contribution < 1.29 is 19.4 Å². The minimum absolute atomic E-state index is 0.159. The fraction of sp³-hybridized carbons (Fsp3) is 0.333. The lowest BCUT2D eigenvalue weighted by molar-refractivity contribution is -0.123. The Morgan fingerprint density at radius 2 is 1.50 bits per heavy atom. The molecule has 0 aliphatic carbocycles. The topological polar surface area (TPSA) is 73.3 Å². The number of amides is 2. The molecule has 0 unspecified atom stereocenters. The van der Waals surface area contributed by atoms with Gasteiger partial charge in [0, 0.05) is 31.9 Å². The van der Waals surface area contributed by atoms with Gasteiger partial charge in [0.15, 0.2) is 0 Å². The second-order valence-corrected chi connectivity index (χ2v) is 7.02. The SMILES string of the molecule is COc1ccc(N2C(=O)C[C@@H](N3CCN(c4ccc(O)cc4)CC3)C2=O)cc1. The van der Waals surface area contributed by atoms with Crippen molar-refractivity contribution in [1.29, 1.82) is 0 Å². The number of carbonyl (C=O) groups is 2. The Hall–Kier alpha value is -3.06. The van der Waals surface area contributed by atoms with Crippen LogP contribution < -0.4 is 14.5 Å². The van der Waals surface area contributed by atoms with Crippen LogP contribution in [0.25, 0.3) is 0 Å². The Kier molecular flexibility index (Phi) is 4.92. The second-order valence-electron chi connectivity index (χ2n) is 7.02. The van der Waals surface area contributed by atoms with E-state index in [9.17, 15) is 14.7 Å². The highest BCUT2D eigenvalue weighted by Crippen LogP contribution is 2.28. The summed E-state index contributed by atoms with van der Waals surface area (Å²) in [6.45, 7) is 2.96. The highest BCUT2D eigenvalue weighted by atomic mass is 16.5. The Bertz CT molecular complexity index is 858. The Morgan fingerprint density at radius 3 is 2.11 bits per heavy atom. The zero-order chi connectivity index (χ0) is 19.7. The van der Waals surface area contributed by atoms with Gasteiger partial charge in [0.2, 0.25) is 5.91 Å². The minimum atomic E-state index is -0.406. The van der Waals surface area contributed by atoms with E-state index in [4.69, 9.17) is 4.74 Å². The Labute approximate surface area is 163 Å². The molecule has 0 spiro atoms. The number of methoxy groups -OCH3 is 1. The van der Waals surface area contributed by atoms with E-state index in [0.717, 1.165) is 18.8 Å². The molecule has 28 heavy (non-hydrogen) atoms. The number of phenolic OH excluding ortho intramolecular Hbond substituents is 1. The summed E-state index contributed by atoms with van der Waals surface area (Å²) in [5.41, 5.74) is 1.63. The van der Waals surface area contributed by atoms with E-state index in [2.05, 4.69) is 9.80 Å². The van der Waals surface area contributed by atoms with Crippen molar-refractivity contribution in [3.8, 4) is 11.5 Å². The summed E-state index contributed by atoms with van der Waals surface area (Å²) in [4.78, 5) is 31.1. The van der Waals surface area contributed by atoms with Crippen LogP contribution in [0.15, 0.2) is 48.5 Å². The maximum atomic E-state index is 12.9. The highest BCUT2D eigenvalue weighted by molar-refractivity contribution is 6.22. The van der Waals surface area contributed by atoms with Crippen LogP contribution in [0.1, 0.15) is 6.42 Å². The molecule has 2 aromatic rings. The molecular formula is C21H23N3O4. The van der Waals surface area contributed by atoms with Crippen molar-refractivity contribution in [3.63, 3.8) is 0 Å². The second kappa shape index (κ2) is 7.52. The van der Waals surface area contributed by atoms with Gasteiger partial charge in [0.1, 0.15) is 11.5 Å². The Morgan fingerprint density at radius 1 is 0.893 bits per heavy atom. The molecule has 0 radical (unpaired) electrons. The van der Waals surface area contributed by atoms with E-state index in [1.165, 1.54) is 4.90 Å². The number of nitrogens with zero attached hydrogens (tertiary/aromatic N) is 3. The summed E-state index contributed by atoms with van der Waals surface area (Å²) in [6.07, 6.45) is 0.212. The van der Waals surface area contributed by atoms with E-state index in [1.54, 1.807) is 43.5 Å². The average molecular weight is 381 g/mol. The zero-order valence-corrected chi connectivity index (χ0v) is 15.7. The summed E-state index contributed by atoms with van der Waals surface area (Å²) in [6, 6.07) is 13.7. The van der Waals surface area contributed by atoms with Gasteiger partial charge in [0.25, 0.3) is 5.91 Å². The number of benzene rings is 2. The molecule has 2 amide bonds. The number of anilines is 2. The van der Waals surface area contributed by atoms with Crippen LogP contribution in [0.2, 0.25) is 0 Å². The lowest BCUT2D eigenvalue weighted by Crippen LogP contribution is -2.52. The van der Waals surface area contributed by atoms with Crippen LogP contribution in [0.5, 0.6) is 11.5 Å². The number of piperazine rings is 1. The number of hydrogen-bond acceptors (Lipinski definition) is 6. The van der Waals surface area contributed by atoms with Gasteiger partial charge in [0.05, 0.1) is 25.3 Å². The molecule has 4 rings (SSSR count). The third-order valence-electron chi connectivity index (χ3n) is 5.42. The molecule has 2 fully saturated rings. The van der Waals surface area contributed by atoms with Crippen molar-refractivity contribution in [3.05, 3.63) is 48.5 Å². The third kappa shape index (κ3) is 3.41. The fourth-order valence-electron chi connectivity index (χ4n) is 3.86. The highest BCUT2D eigenvalue weighted by Gasteiger charge is 2.43. The number of carbonyl (C=O) groups excluding carboxylic acids is 2. The van der Waals surface area contributed by atoms with E-state index in [-0.39, 0.29) is 24.0 Å². The lowest BCUT2D eigenvalue weighted by atomic mass is 10.1. The maximum absolute atomic E-state index is 12.9. The van der Waals surface area contributed by atoms with E-state index in [0.29, 0.717) is 24.5 Å². The van der Waals surface area contributed by atoms with Gasteiger partial charge < -0.3 is 14.7 Å². The molecule has 146 valence electrons. The van der Waals surface area contributed by atoms with Crippen LogP contribution in [0.4, 0.5) is 11.4 Å². The molecule has 0 aromatic heterocycles. The number of ether oxygens (including phenoxy) is 1. The lowest BCUT2D eigenvalue weighted by Gasteiger charge is -2.38. The molecule has 7 nitrogen and oxygen atoms in total. The van der Waals surface area contributed by atoms with Crippen LogP contribution in [0.3, 0.4) is 0 Å². The van der Waals surface area contributed by atoms with Gasteiger partial charge in [-0.25, -0.2) is 4.90 Å². The monoisotopic (exact) mass is 381 g/mol. The largest absolute Gasteiger partial charge is 0.508 e. The van der Waals surface area contributed by atoms with Gasteiger partial charge in [-0.1, -0.05) is 0 Å². The van der Waals surface area contributed by atoms with Gasteiger partial charge >= 0.3 is 0 Å². The van der Waals surface area contributed by atoms with E-state index < -0.39 is 6.04 Å². The molecule has 7 heteroatoms. The number of rotatable bonds is 4. The van der Waals surface area contributed by atoms with Gasteiger partial charge in [-0.15, -0.1) is 0 Å². The van der Waals surface area contributed by atoms with Gasteiger partial charge in [-0.05, 0) is 48.5 Å². The molecular weight excluding hydrogens is 358 g/mol. The molecule has 2 aliphatic heterocycles. The van der Waals surface area contributed by atoms with Crippen LogP contribution in [-0.4, -0.2) is 61.2 Å². The first-order chi connectivity index (χ1) is 13.6. The van der Waals surface area contributed by atoms with Crippen molar-refractivity contribution in [2.24, 2.45) is 0 Å². The summed E-state index contributed by atoms with van der Waals surface area (Å²) in [5.74, 6) is 0.607. The van der Waals surface area contributed by atoms with Gasteiger partial charge in [-0.3, -0.25) is 14.5 Å². The quantitative estimate of drug-likeness (QED) is 0.815. The fourth-order valence-corrected chi connectivity index (χ4v) is 3.86. The van der Waals surface area contributed by atoms with Gasteiger partial charge in [-0.2, -0.15) is 0 Å². The molecule has 2 heterocycles. The molecule has 2 aromatic carbocycles. The van der Waals surface area contributed by atoms with Crippen molar-refractivity contribution >= 4 is 23.2 Å². The van der Waals surface area contributed by atoms with Crippen LogP contribution in [-0.2, 0) is 9.59 Å². The molecule has 0 saturated carbocycles. The summed E-state index contributed by atoms with van der Waals surface area (Å²) in [7, 11) is 1.58. The Balaban J connectivity index is 1.42. The molecule has 1 N–H and O–H groups in total. The number of hydrogen-bond donors (Lipinski definition) is 1. The molecule has 2 aliphatic rings. The maximum Gasteiger partial charge on any atom is 0.251 e. The number of imide groups is 1. The van der Waals surface area contributed by atoms with Crippen molar-refractivity contribution in [2.45, 2.75) is 12.5 Å². The molecule has 1 atom stereocenters. The minimum Gasteiger partial charge on any atom is -0.508 e. The first-order valence-electron chi connectivity index (χ1n) is 9.35. The average Bonchev–Trinajstić information content (AvgIpc) is 3.03. The standard InChI is InChI=1S/C21H23N3O4/c1-28-18-8-4-16(5-9-18)24-20(26)14-19(21(24)27)23-12-10-22(11-13-23)15-2-6-17(25)7-3-15/h2-9,19,25H,10-14H2,1H3/t19-/m1/s1. The predicted octanol–water partition coefficient (Wildman–Crippen LogP) is 1.85. The zero-order valence-electron chi connectivity index (χ0n) is 15.7. The molecule has 2 saturated heterocycles. The van der Waals surface area contributed by atoms with Crippen molar-refractivity contribution in [2.75, 3.05) is 43.1 Å². The van der Waals surface area contributed by atoms with Crippen molar-refractivity contribution in [1.82, 2.24) is 4.90 Å². The predicted molar refractivity (Wildman–Crippen MR) is 106 cm³/mol. The van der Waals surface area contributed by atoms with E-state index >= 15 is 0 Å². The number of phenols is 1. The van der Waals surface area contributed by atoms with E-state index in [1.807, 2.05) is 12.1 Å². The first-order valence-corrected chi connectivity index (χ1v) is 9.35. The smallest absolute Gasteiger partial charge is 0.251 e. The molecule has 0 bridgehead atoms. The summed E-state index contributed by atoms with van der Waals surface area (Å²) < 4.78 is 5.14. The number of aromatic hydroxyl groups is 1. The van der Waals surface area contributed by atoms with Crippen LogP contribution in [0, 0.1) is 0 Å². The first kappa shape index (κ1) is 18.3. The summed E-state index contributed by atoms with van der Waals surface area (Å²) >= 11 is 0. The normalized spacial score (nSPS) is 20.7. The summed E-state index contributed by atoms with van der Waals surface area (Å²) in [5, 5.41) is 9.43. The van der Waals surface area contributed by atoms with Crippen LogP contribution >= 0.6 is 0 Å². The third-order valence-corrected chi connectivity index (χ3v) is 5.42.